The second-order valence-corrected chi connectivity index (χ2v) is 6.21. The van der Waals surface area contributed by atoms with Crippen LogP contribution in [0, 0.1) is 0 Å². The summed E-state index contributed by atoms with van der Waals surface area (Å²) in [5.74, 6) is 0.670. The molecule has 1 amide bonds. The molecule has 21 heavy (non-hydrogen) atoms. The lowest BCUT2D eigenvalue weighted by Crippen LogP contribution is -2.63. The van der Waals surface area contributed by atoms with Crippen molar-refractivity contribution in [2.45, 2.75) is 25.4 Å². The number of carbonyl (C=O) groups is 1. The number of carbonyl (C=O) groups excluding carboxylic acids is 1. The van der Waals surface area contributed by atoms with Gasteiger partial charge in [0.15, 0.2) is 0 Å². The van der Waals surface area contributed by atoms with Gasteiger partial charge in [0.2, 0.25) is 0 Å². The fourth-order valence-electron chi connectivity index (χ4n) is 2.91. The summed E-state index contributed by atoms with van der Waals surface area (Å²) in [4.78, 5) is 14.1. The topological polar surface area (TPSA) is 49.8 Å². The summed E-state index contributed by atoms with van der Waals surface area (Å²) in [5, 5.41) is 10.8. The van der Waals surface area contributed by atoms with Crippen molar-refractivity contribution in [1.82, 2.24) is 4.90 Å². The van der Waals surface area contributed by atoms with Gasteiger partial charge in [0.05, 0.1) is 24.3 Å². The summed E-state index contributed by atoms with van der Waals surface area (Å²) in [7, 11) is 0. The number of ether oxygens (including phenoxy) is 1. The number of hydrogen-bond acceptors (Lipinski definition) is 3. The van der Waals surface area contributed by atoms with Gasteiger partial charge >= 0.3 is 0 Å². The largest absolute Gasteiger partial charge is 0.488 e. The molecule has 0 atom stereocenters. The zero-order valence-electron chi connectivity index (χ0n) is 11.9. The SMILES string of the molecule is CCCC1(O)CN(C(=O)C2=Cc3cc(Cl)ccc3OC2)C1. The Kier molecular flexibility index (Phi) is 3.68. The van der Waals surface area contributed by atoms with E-state index in [1.807, 2.05) is 13.0 Å². The van der Waals surface area contributed by atoms with Crippen molar-refractivity contribution in [3.05, 3.63) is 34.4 Å². The molecule has 112 valence electrons. The summed E-state index contributed by atoms with van der Waals surface area (Å²) >= 11 is 5.96. The van der Waals surface area contributed by atoms with Gasteiger partial charge in [-0.3, -0.25) is 4.79 Å². The Bertz CT molecular complexity index is 606. The third kappa shape index (κ3) is 2.78. The van der Waals surface area contributed by atoms with E-state index in [0.29, 0.717) is 23.7 Å². The molecule has 0 spiro atoms. The van der Waals surface area contributed by atoms with Crippen LogP contribution in [0.25, 0.3) is 6.08 Å². The molecule has 3 rings (SSSR count). The molecule has 0 aliphatic carbocycles. The zero-order chi connectivity index (χ0) is 15.0. The molecule has 0 aromatic heterocycles. The Morgan fingerprint density at radius 3 is 2.95 bits per heavy atom. The number of likely N-dealkylation sites (tertiary alicyclic amines) is 1. The molecule has 1 N–H and O–H groups in total. The van der Waals surface area contributed by atoms with Crippen LogP contribution in [-0.2, 0) is 4.79 Å². The van der Waals surface area contributed by atoms with Crippen LogP contribution in [0.3, 0.4) is 0 Å². The lowest BCUT2D eigenvalue weighted by atomic mass is 9.88. The van der Waals surface area contributed by atoms with Gasteiger partial charge in [-0.1, -0.05) is 24.9 Å². The minimum absolute atomic E-state index is 0.0681. The Morgan fingerprint density at radius 2 is 2.24 bits per heavy atom. The van der Waals surface area contributed by atoms with Crippen molar-refractivity contribution < 1.29 is 14.6 Å². The highest BCUT2D eigenvalue weighted by Crippen LogP contribution is 2.32. The minimum atomic E-state index is -0.707. The van der Waals surface area contributed by atoms with Crippen molar-refractivity contribution in [3.63, 3.8) is 0 Å². The van der Waals surface area contributed by atoms with E-state index < -0.39 is 5.60 Å². The molecule has 0 bridgehead atoms. The van der Waals surface area contributed by atoms with Crippen molar-refractivity contribution >= 4 is 23.6 Å². The Labute approximate surface area is 129 Å². The Morgan fingerprint density at radius 1 is 1.48 bits per heavy atom. The molecule has 1 saturated heterocycles. The van der Waals surface area contributed by atoms with E-state index in [0.717, 1.165) is 24.2 Å². The summed E-state index contributed by atoms with van der Waals surface area (Å²) in [5.41, 5.74) is 0.714. The number of fused-ring (bicyclic) bond motifs is 1. The third-order valence-corrected chi connectivity index (χ3v) is 4.17. The monoisotopic (exact) mass is 307 g/mol. The summed E-state index contributed by atoms with van der Waals surface area (Å²) in [6.45, 7) is 3.09. The van der Waals surface area contributed by atoms with Gasteiger partial charge in [-0.15, -0.1) is 0 Å². The number of β-amino-alcohol motifs (C(OH)–C–C–N with tert-alkyl or cyclic N) is 1. The molecular formula is C16H18ClNO3. The van der Waals surface area contributed by atoms with Crippen LogP contribution in [0.5, 0.6) is 5.75 Å². The highest BCUT2D eigenvalue weighted by Gasteiger charge is 2.43. The molecule has 1 fully saturated rings. The first kappa shape index (κ1) is 14.4. The van der Waals surface area contributed by atoms with Crippen molar-refractivity contribution in [2.24, 2.45) is 0 Å². The first-order valence-electron chi connectivity index (χ1n) is 7.15. The molecule has 0 radical (unpaired) electrons. The van der Waals surface area contributed by atoms with E-state index in [9.17, 15) is 9.90 Å². The van der Waals surface area contributed by atoms with E-state index in [4.69, 9.17) is 16.3 Å². The lowest BCUT2D eigenvalue weighted by molar-refractivity contribution is -0.152. The normalized spacial score (nSPS) is 19.2. The van der Waals surface area contributed by atoms with Crippen LogP contribution >= 0.6 is 11.6 Å². The first-order chi connectivity index (χ1) is 10.0. The predicted molar refractivity (Wildman–Crippen MR) is 81.4 cm³/mol. The van der Waals surface area contributed by atoms with E-state index in [2.05, 4.69) is 0 Å². The van der Waals surface area contributed by atoms with E-state index in [-0.39, 0.29) is 12.5 Å². The standard InChI is InChI=1S/C16H18ClNO3/c1-2-5-16(20)9-18(10-16)15(19)12-6-11-7-13(17)3-4-14(11)21-8-12/h3-4,6-7,20H,2,5,8-10H2,1H3. The first-order valence-corrected chi connectivity index (χ1v) is 7.53. The molecular weight excluding hydrogens is 290 g/mol. The van der Waals surface area contributed by atoms with Crippen LogP contribution < -0.4 is 4.74 Å². The van der Waals surface area contributed by atoms with Gasteiger partial charge in [-0.2, -0.15) is 0 Å². The third-order valence-electron chi connectivity index (χ3n) is 3.93. The summed E-state index contributed by atoms with van der Waals surface area (Å²) < 4.78 is 5.59. The maximum absolute atomic E-state index is 12.4. The second kappa shape index (κ2) is 5.35. The number of aliphatic hydroxyl groups is 1. The molecule has 1 aromatic carbocycles. The van der Waals surface area contributed by atoms with Crippen LogP contribution in [-0.4, -0.2) is 41.2 Å². The zero-order valence-corrected chi connectivity index (χ0v) is 12.7. The maximum atomic E-state index is 12.4. The number of halogens is 1. The van der Waals surface area contributed by atoms with Gasteiger partial charge < -0.3 is 14.7 Å². The van der Waals surface area contributed by atoms with E-state index >= 15 is 0 Å². The molecule has 0 unspecified atom stereocenters. The number of amides is 1. The van der Waals surface area contributed by atoms with Gasteiger partial charge in [0.1, 0.15) is 12.4 Å². The minimum Gasteiger partial charge on any atom is -0.488 e. The number of benzene rings is 1. The predicted octanol–water partition coefficient (Wildman–Crippen LogP) is 2.49. The fourth-order valence-corrected chi connectivity index (χ4v) is 3.09. The van der Waals surface area contributed by atoms with E-state index in [1.54, 1.807) is 23.1 Å². The van der Waals surface area contributed by atoms with Crippen LogP contribution in [0.1, 0.15) is 25.3 Å². The lowest BCUT2D eigenvalue weighted by Gasteiger charge is -2.47. The summed E-state index contributed by atoms with van der Waals surface area (Å²) in [6.07, 6.45) is 3.46. The van der Waals surface area contributed by atoms with Crippen LogP contribution in [0.4, 0.5) is 0 Å². The molecule has 2 aliphatic rings. The van der Waals surface area contributed by atoms with E-state index in [1.165, 1.54) is 0 Å². The van der Waals surface area contributed by atoms with Crippen molar-refractivity contribution in [2.75, 3.05) is 19.7 Å². The Hall–Kier alpha value is -1.52. The molecule has 5 heteroatoms. The smallest absolute Gasteiger partial charge is 0.253 e. The number of hydrogen-bond donors (Lipinski definition) is 1. The highest BCUT2D eigenvalue weighted by atomic mass is 35.5. The maximum Gasteiger partial charge on any atom is 0.253 e. The van der Waals surface area contributed by atoms with Gasteiger partial charge in [-0.25, -0.2) is 0 Å². The number of nitrogens with zero attached hydrogens (tertiary/aromatic N) is 1. The van der Waals surface area contributed by atoms with Gasteiger partial charge in [0.25, 0.3) is 5.91 Å². The van der Waals surface area contributed by atoms with Crippen molar-refractivity contribution in [3.8, 4) is 5.75 Å². The van der Waals surface area contributed by atoms with Gasteiger partial charge in [-0.05, 0) is 30.7 Å². The van der Waals surface area contributed by atoms with Gasteiger partial charge in [0, 0.05) is 10.6 Å². The second-order valence-electron chi connectivity index (χ2n) is 5.78. The van der Waals surface area contributed by atoms with Crippen LogP contribution in [0.15, 0.2) is 23.8 Å². The molecule has 2 heterocycles. The molecule has 4 nitrogen and oxygen atoms in total. The quantitative estimate of drug-likeness (QED) is 0.933. The Balaban J connectivity index is 1.72. The molecule has 2 aliphatic heterocycles. The van der Waals surface area contributed by atoms with Crippen LogP contribution in [0.2, 0.25) is 5.02 Å². The molecule has 1 aromatic rings. The fraction of sp³-hybridized carbons (Fsp3) is 0.438. The number of rotatable bonds is 3. The van der Waals surface area contributed by atoms with Crippen molar-refractivity contribution in [1.29, 1.82) is 0 Å². The highest BCUT2D eigenvalue weighted by molar-refractivity contribution is 6.30. The summed E-state index contributed by atoms with van der Waals surface area (Å²) in [6, 6.07) is 5.35. The average Bonchev–Trinajstić information content (AvgIpc) is 2.43. The average molecular weight is 308 g/mol. The molecule has 0 saturated carbocycles.